The van der Waals surface area contributed by atoms with Gasteiger partial charge in [0.2, 0.25) is 0 Å². The third-order valence-electron chi connectivity index (χ3n) is 3.27. The van der Waals surface area contributed by atoms with Crippen LogP contribution in [0.25, 0.3) is 0 Å². The highest BCUT2D eigenvalue weighted by Gasteiger charge is 2.25. The molecule has 120 valence electrons. The third-order valence-corrected chi connectivity index (χ3v) is 3.27. The van der Waals surface area contributed by atoms with E-state index in [1.165, 1.54) is 13.8 Å². The van der Waals surface area contributed by atoms with Crippen LogP contribution in [0.1, 0.15) is 26.7 Å². The molecule has 0 fully saturated rings. The summed E-state index contributed by atoms with van der Waals surface area (Å²) in [6.07, 6.45) is 6.63. The summed E-state index contributed by atoms with van der Waals surface area (Å²) in [6.45, 7) is 2.64. The molecule has 1 aliphatic heterocycles. The van der Waals surface area contributed by atoms with Crippen molar-refractivity contribution in [2.75, 3.05) is 13.2 Å². The van der Waals surface area contributed by atoms with Crippen molar-refractivity contribution >= 4 is 23.5 Å². The van der Waals surface area contributed by atoms with E-state index in [9.17, 15) is 19.2 Å². The summed E-state index contributed by atoms with van der Waals surface area (Å²) in [6, 6.07) is 0. The van der Waals surface area contributed by atoms with E-state index >= 15 is 0 Å². The molecule has 0 spiro atoms. The minimum Gasteiger partial charge on any atom is -0.461 e. The van der Waals surface area contributed by atoms with Crippen LogP contribution in [0.4, 0.5) is 0 Å². The lowest BCUT2D eigenvalue weighted by Crippen LogP contribution is -2.25. The van der Waals surface area contributed by atoms with Gasteiger partial charge in [0.05, 0.1) is 0 Å². The van der Waals surface area contributed by atoms with Gasteiger partial charge < -0.3 is 9.47 Å². The molecule has 22 heavy (non-hydrogen) atoms. The molecule has 1 rings (SSSR count). The maximum Gasteiger partial charge on any atom is 0.317 e. The Labute approximate surface area is 129 Å². The van der Waals surface area contributed by atoms with Crippen molar-refractivity contribution in [1.29, 1.82) is 0 Å². The largest absolute Gasteiger partial charge is 0.461 e. The van der Waals surface area contributed by atoms with E-state index in [1.807, 2.05) is 0 Å². The van der Waals surface area contributed by atoms with E-state index in [4.69, 9.17) is 9.47 Å². The van der Waals surface area contributed by atoms with Gasteiger partial charge in [0.25, 0.3) is 0 Å². The number of esters is 2. The van der Waals surface area contributed by atoms with E-state index in [-0.39, 0.29) is 37.6 Å². The normalized spacial score (nSPS) is 27.0. The summed E-state index contributed by atoms with van der Waals surface area (Å²) >= 11 is 0. The van der Waals surface area contributed by atoms with E-state index < -0.39 is 23.8 Å². The standard InChI is InChI=1S/C16H20O6/c1-11(17)13-7-3-5-10-22-16(20)14(12(2)18)8-4-6-9-21-15(13)19/h3-6,13-14H,7-10H2,1-2H3/b5-3+,6-4+/t13-,14+. The fourth-order valence-corrected chi connectivity index (χ4v) is 1.92. The molecule has 0 unspecified atom stereocenters. The van der Waals surface area contributed by atoms with Crippen LogP contribution in [0.3, 0.4) is 0 Å². The van der Waals surface area contributed by atoms with Crippen LogP contribution in [0.2, 0.25) is 0 Å². The van der Waals surface area contributed by atoms with Gasteiger partial charge in [0, 0.05) is 0 Å². The molecule has 0 radical (unpaired) electrons. The molecule has 2 atom stereocenters. The summed E-state index contributed by atoms with van der Waals surface area (Å²) in [5.41, 5.74) is 0. The fourth-order valence-electron chi connectivity index (χ4n) is 1.92. The number of hydrogen-bond acceptors (Lipinski definition) is 6. The molecule has 0 aromatic rings. The van der Waals surface area contributed by atoms with E-state index in [0.717, 1.165) is 0 Å². The fraction of sp³-hybridized carbons (Fsp3) is 0.500. The Hall–Kier alpha value is -2.24. The number of cyclic esters (lactones) is 2. The second-order valence-electron chi connectivity index (χ2n) is 5.00. The lowest BCUT2D eigenvalue weighted by molar-refractivity contribution is -0.152. The second-order valence-corrected chi connectivity index (χ2v) is 5.00. The summed E-state index contributed by atoms with van der Waals surface area (Å²) in [7, 11) is 0. The van der Waals surface area contributed by atoms with Crippen LogP contribution in [-0.4, -0.2) is 36.7 Å². The maximum atomic E-state index is 11.8. The van der Waals surface area contributed by atoms with Crippen LogP contribution >= 0.6 is 0 Å². The predicted molar refractivity (Wildman–Crippen MR) is 77.8 cm³/mol. The Balaban J connectivity index is 2.81. The van der Waals surface area contributed by atoms with Gasteiger partial charge in [0.1, 0.15) is 36.6 Å². The highest BCUT2D eigenvalue weighted by Crippen LogP contribution is 2.12. The van der Waals surface area contributed by atoms with Gasteiger partial charge in [0.15, 0.2) is 0 Å². The number of hydrogen-bond donors (Lipinski definition) is 0. The summed E-state index contributed by atoms with van der Waals surface area (Å²) < 4.78 is 10.0. The lowest BCUT2D eigenvalue weighted by atomic mass is 10.0. The van der Waals surface area contributed by atoms with E-state index in [0.29, 0.717) is 0 Å². The Morgan fingerprint density at radius 2 is 1.18 bits per heavy atom. The zero-order valence-electron chi connectivity index (χ0n) is 12.7. The van der Waals surface area contributed by atoms with Crippen LogP contribution in [0.15, 0.2) is 24.3 Å². The molecule has 0 aromatic heterocycles. The number of carbonyl (C=O) groups is 4. The highest BCUT2D eigenvalue weighted by molar-refractivity contribution is 5.98. The quantitative estimate of drug-likeness (QED) is 0.435. The van der Waals surface area contributed by atoms with Crippen molar-refractivity contribution in [1.82, 2.24) is 0 Å². The topological polar surface area (TPSA) is 86.7 Å². The minimum atomic E-state index is -0.853. The maximum absolute atomic E-state index is 11.8. The van der Waals surface area contributed by atoms with Crippen LogP contribution in [-0.2, 0) is 28.7 Å². The van der Waals surface area contributed by atoms with Crippen molar-refractivity contribution in [3.63, 3.8) is 0 Å². The molecule has 1 heterocycles. The molecular weight excluding hydrogens is 288 g/mol. The Bertz CT molecular complexity index is 457. The average molecular weight is 308 g/mol. The second kappa shape index (κ2) is 8.92. The van der Waals surface area contributed by atoms with Crippen molar-refractivity contribution in [2.24, 2.45) is 11.8 Å². The summed E-state index contributed by atoms with van der Waals surface area (Å²) in [4.78, 5) is 46.5. The van der Waals surface area contributed by atoms with Crippen LogP contribution < -0.4 is 0 Å². The Kier molecular flexibility index (Phi) is 7.22. The average Bonchev–Trinajstić information content (AvgIpc) is 2.44. The molecule has 6 nitrogen and oxygen atoms in total. The number of carbonyl (C=O) groups excluding carboxylic acids is 4. The van der Waals surface area contributed by atoms with Gasteiger partial charge in [-0.3, -0.25) is 19.2 Å². The Morgan fingerprint density at radius 3 is 1.50 bits per heavy atom. The van der Waals surface area contributed by atoms with Crippen molar-refractivity contribution < 1.29 is 28.7 Å². The number of allylic oxidation sites excluding steroid dienone is 2. The van der Waals surface area contributed by atoms with E-state index in [1.54, 1.807) is 24.3 Å². The number of rotatable bonds is 2. The molecule has 0 saturated carbocycles. The molecule has 6 heteroatoms. The molecule has 0 N–H and O–H groups in total. The first-order valence-electron chi connectivity index (χ1n) is 7.07. The SMILES string of the molecule is CC(=O)[C@H]1C/C=C/COC(=O)[C@H](C(C)=O)C/C=C/COC1=O. The van der Waals surface area contributed by atoms with Gasteiger partial charge in [-0.05, 0) is 26.7 Å². The number of Topliss-reactive ketones (excluding diaryl/α,β-unsaturated/α-hetero) is 2. The van der Waals surface area contributed by atoms with Crippen LogP contribution in [0, 0.1) is 11.8 Å². The van der Waals surface area contributed by atoms with Crippen molar-refractivity contribution in [3.8, 4) is 0 Å². The van der Waals surface area contributed by atoms with Crippen molar-refractivity contribution in [3.05, 3.63) is 24.3 Å². The number of ether oxygens (including phenoxy) is 2. The zero-order chi connectivity index (χ0) is 16.5. The lowest BCUT2D eigenvalue weighted by Gasteiger charge is -2.12. The summed E-state index contributed by atoms with van der Waals surface area (Å²) in [5, 5.41) is 0. The monoisotopic (exact) mass is 308 g/mol. The summed E-state index contributed by atoms with van der Waals surface area (Å²) in [5.74, 6) is -3.43. The van der Waals surface area contributed by atoms with E-state index in [2.05, 4.69) is 0 Å². The first-order chi connectivity index (χ1) is 10.4. The van der Waals surface area contributed by atoms with Crippen LogP contribution in [0.5, 0.6) is 0 Å². The molecule has 1 aliphatic rings. The smallest absolute Gasteiger partial charge is 0.317 e. The molecule has 0 aliphatic carbocycles. The first kappa shape index (κ1) is 17.8. The molecule has 0 aromatic carbocycles. The first-order valence-corrected chi connectivity index (χ1v) is 7.07. The minimum absolute atomic E-state index is 0.00794. The van der Waals surface area contributed by atoms with Gasteiger partial charge in [-0.1, -0.05) is 24.3 Å². The molecule has 0 bridgehead atoms. The van der Waals surface area contributed by atoms with Crippen molar-refractivity contribution in [2.45, 2.75) is 26.7 Å². The highest BCUT2D eigenvalue weighted by atomic mass is 16.5. The molecule has 0 amide bonds. The van der Waals surface area contributed by atoms with Gasteiger partial charge >= 0.3 is 11.9 Å². The molecule has 0 saturated heterocycles. The molecular formula is C16H20O6. The van der Waals surface area contributed by atoms with Gasteiger partial charge in [-0.2, -0.15) is 0 Å². The Morgan fingerprint density at radius 1 is 0.818 bits per heavy atom. The predicted octanol–water partition coefficient (Wildman–Crippen LogP) is 1.39. The van der Waals surface area contributed by atoms with Gasteiger partial charge in [-0.15, -0.1) is 0 Å². The number of ketones is 2. The third kappa shape index (κ3) is 5.63. The van der Waals surface area contributed by atoms with Gasteiger partial charge in [-0.25, -0.2) is 0 Å². The zero-order valence-corrected chi connectivity index (χ0v) is 12.7.